The number of anilines is 1. The number of carbonyl (C=O) groups is 2. The molecule has 7 nitrogen and oxygen atoms in total. The average molecular weight is 474 g/mol. The van der Waals surface area contributed by atoms with Crippen LogP contribution in [-0.2, 0) is 35.5 Å². The molecule has 1 atom stereocenters. The first-order valence-electron chi connectivity index (χ1n) is 11.4. The third-order valence-corrected chi connectivity index (χ3v) is 7.08. The van der Waals surface area contributed by atoms with E-state index in [2.05, 4.69) is 49.8 Å². The molecule has 0 saturated carbocycles. The minimum absolute atomic E-state index is 0.241. The summed E-state index contributed by atoms with van der Waals surface area (Å²) in [4.78, 5) is 36.5. The molecule has 1 aliphatic rings. The number of thiazole rings is 1. The number of hydrogen-bond acceptors (Lipinski definition) is 5. The van der Waals surface area contributed by atoms with E-state index < -0.39 is 6.04 Å². The Kier molecular flexibility index (Phi) is 6.42. The summed E-state index contributed by atoms with van der Waals surface area (Å²) in [6.07, 6.45) is 3.15. The van der Waals surface area contributed by atoms with Gasteiger partial charge in [-0.25, -0.2) is 4.98 Å². The minimum atomic E-state index is -0.688. The molecule has 3 heterocycles. The number of nitrogens with zero attached hydrogens (tertiary/aromatic N) is 2. The van der Waals surface area contributed by atoms with Gasteiger partial charge in [0.2, 0.25) is 11.8 Å². The molecule has 3 N–H and O–H groups in total. The van der Waals surface area contributed by atoms with Crippen LogP contribution < -0.4 is 10.6 Å². The minimum Gasteiger partial charge on any atom is -0.361 e. The Labute approximate surface area is 202 Å². The summed E-state index contributed by atoms with van der Waals surface area (Å²) in [7, 11) is 0. The molecule has 0 aliphatic carbocycles. The molecule has 1 aliphatic heterocycles. The van der Waals surface area contributed by atoms with Crippen LogP contribution in [0.3, 0.4) is 0 Å². The van der Waals surface area contributed by atoms with Crippen molar-refractivity contribution in [1.29, 1.82) is 0 Å². The molecule has 8 heteroatoms. The van der Waals surface area contributed by atoms with Crippen molar-refractivity contribution < 1.29 is 9.59 Å². The van der Waals surface area contributed by atoms with Crippen molar-refractivity contribution in [2.45, 2.75) is 38.9 Å². The summed E-state index contributed by atoms with van der Waals surface area (Å²) < 4.78 is 0. The van der Waals surface area contributed by atoms with E-state index in [-0.39, 0.29) is 11.8 Å². The Balaban J connectivity index is 1.27. The number of aromatic amines is 1. The molecule has 2 amide bonds. The van der Waals surface area contributed by atoms with Gasteiger partial charge in [0.05, 0.1) is 5.69 Å². The van der Waals surface area contributed by atoms with Gasteiger partial charge in [0.15, 0.2) is 5.13 Å². The summed E-state index contributed by atoms with van der Waals surface area (Å²) in [6, 6.07) is 17.7. The van der Waals surface area contributed by atoms with E-state index in [9.17, 15) is 9.59 Å². The molecule has 2 aromatic carbocycles. The molecule has 34 heavy (non-hydrogen) atoms. The molecular weight excluding hydrogens is 446 g/mol. The second-order valence-electron chi connectivity index (χ2n) is 8.64. The third kappa shape index (κ3) is 5.03. The lowest BCUT2D eigenvalue weighted by Crippen LogP contribution is -2.44. The van der Waals surface area contributed by atoms with Crippen molar-refractivity contribution >= 4 is 39.2 Å². The number of H-pyrrole nitrogens is 1. The lowest BCUT2D eigenvalue weighted by Gasteiger charge is -2.25. The van der Waals surface area contributed by atoms with Gasteiger partial charge in [-0.3, -0.25) is 14.5 Å². The molecular formula is C26H27N5O2S. The number of aromatic nitrogens is 2. The van der Waals surface area contributed by atoms with Gasteiger partial charge < -0.3 is 15.6 Å². The van der Waals surface area contributed by atoms with Gasteiger partial charge in [-0.05, 0) is 17.2 Å². The van der Waals surface area contributed by atoms with Crippen LogP contribution in [0.25, 0.3) is 10.9 Å². The summed E-state index contributed by atoms with van der Waals surface area (Å²) >= 11 is 1.52. The first-order chi connectivity index (χ1) is 16.5. The van der Waals surface area contributed by atoms with Gasteiger partial charge in [0.1, 0.15) is 6.04 Å². The van der Waals surface area contributed by atoms with Crippen molar-refractivity contribution in [3.63, 3.8) is 0 Å². The van der Waals surface area contributed by atoms with Crippen LogP contribution >= 0.6 is 11.3 Å². The predicted octanol–water partition coefficient (Wildman–Crippen LogP) is 3.87. The van der Waals surface area contributed by atoms with Crippen LogP contribution in [0.2, 0.25) is 0 Å². The number of benzene rings is 2. The van der Waals surface area contributed by atoms with Crippen molar-refractivity contribution in [3.8, 4) is 0 Å². The van der Waals surface area contributed by atoms with E-state index in [0.29, 0.717) is 11.6 Å². The molecule has 0 fully saturated rings. The maximum absolute atomic E-state index is 13.1. The lowest BCUT2D eigenvalue weighted by atomic mass is 10.0. The van der Waals surface area contributed by atoms with Crippen LogP contribution in [0.15, 0.2) is 60.8 Å². The molecule has 1 unspecified atom stereocenters. The second-order valence-corrected chi connectivity index (χ2v) is 9.72. The topological polar surface area (TPSA) is 90.1 Å². The Morgan fingerprint density at radius 1 is 1.15 bits per heavy atom. The number of fused-ring (bicyclic) bond motifs is 2. The third-order valence-electron chi connectivity index (χ3n) is 6.08. The number of amides is 2. The van der Waals surface area contributed by atoms with E-state index in [1.54, 1.807) is 0 Å². The van der Waals surface area contributed by atoms with Gasteiger partial charge in [0, 0.05) is 61.4 Å². The number of hydrogen-bond donors (Lipinski definition) is 3. The maximum atomic E-state index is 13.1. The second kappa shape index (κ2) is 9.79. The van der Waals surface area contributed by atoms with Crippen molar-refractivity contribution in [3.05, 3.63) is 82.5 Å². The first-order valence-corrected chi connectivity index (χ1v) is 12.2. The van der Waals surface area contributed by atoms with Crippen LogP contribution in [0.4, 0.5) is 5.13 Å². The summed E-state index contributed by atoms with van der Waals surface area (Å²) in [6.45, 7) is 4.09. The van der Waals surface area contributed by atoms with E-state index in [1.165, 1.54) is 28.7 Å². The van der Waals surface area contributed by atoms with E-state index in [0.717, 1.165) is 48.2 Å². The molecule has 0 saturated heterocycles. The quantitative estimate of drug-likeness (QED) is 0.380. The van der Waals surface area contributed by atoms with E-state index >= 15 is 0 Å². The Morgan fingerprint density at radius 3 is 2.76 bits per heavy atom. The molecule has 0 bridgehead atoms. The van der Waals surface area contributed by atoms with E-state index in [4.69, 9.17) is 0 Å². The van der Waals surface area contributed by atoms with E-state index in [1.807, 2.05) is 36.5 Å². The molecule has 0 spiro atoms. The van der Waals surface area contributed by atoms with Gasteiger partial charge in [-0.15, -0.1) is 11.3 Å². The van der Waals surface area contributed by atoms with Crippen molar-refractivity contribution in [2.75, 3.05) is 11.9 Å². The average Bonchev–Trinajstić information content (AvgIpc) is 3.42. The van der Waals surface area contributed by atoms with Gasteiger partial charge in [-0.1, -0.05) is 48.5 Å². The zero-order valence-corrected chi connectivity index (χ0v) is 19.8. The highest BCUT2D eigenvalue weighted by atomic mass is 32.1. The zero-order chi connectivity index (χ0) is 23.5. The standard InChI is InChI=1S/C26H27N5O2S/c1-17(32)28-23(13-19-14-27-21-10-6-5-9-20(19)21)25(33)30-26-29-22-11-12-31(16-24(22)34-26)15-18-7-3-2-4-8-18/h2-10,14,23,27H,11-13,15-16H2,1H3,(H,28,32)(H,29,30,33). The zero-order valence-electron chi connectivity index (χ0n) is 19.0. The number of para-hydroxylation sites is 1. The maximum Gasteiger partial charge on any atom is 0.249 e. The predicted molar refractivity (Wildman–Crippen MR) is 135 cm³/mol. The van der Waals surface area contributed by atoms with Gasteiger partial charge in [0.25, 0.3) is 0 Å². The number of rotatable bonds is 7. The van der Waals surface area contributed by atoms with Crippen LogP contribution in [0.1, 0.15) is 28.6 Å². The summed E-state index contributed by atoms with van der Waals surface area (Å²) in [5.74, 6) is -0.498. The first kappa shape index (κ1) is 22.3. The van der Waals surface area contributed by atoms with Crippen LogP contribution in [0, 0.1) is 0 Å². The fourth-order valence-corrected chi connectivity index (χ4v) is 5.50. The highest BCUT2D eigenvalue weighted by Gasteiger charge is 2.25. The fraction of sp³-hybridized carbons (Fsp3) is 0.269. The number of nitrogens with one attached hydrogen (secondary N) is 3. The van der Waals surface area contributed by atoms with Gasteiger partial charge in [-0.2, -0.15) is 0 Å². The molecule has 0 radical (unpaired) electrons. The summed E-state index contributed by atoms with van der Waals surface area (Å²) in [5.41, 5.74) is 4.34. The summed E-state index contributed by atoms with van der Waals surface area (Å²) in [5, 5.41) is 7.40. The largest absolute Gasteiger partial charge is 0.361 e. The van der Waals surface area contributed by atoms with Crippen LogP contribution in [-0.4, -0.2) is 39.3 Å². The SMILES string of the molecule is CC(=O)NC(Cc1c[nH]c2ccccc12)C(=O)Nc1nc2c(s1)CN(Cc1ccccc1)CC2. The normalized spacial score (nSPS) is 14.5. The van der Waals surface area contributed by atoms with Gasteiger partial charge >= 0.3 is 0 Å². The van der Waals surface area contributed by atoms with Crippen molar-refractivity contribution in [2.24, 2.45) is 0 Å². The van der Waals surface area contributed by atoms with Crippen LogP contribution in [0.5, 0.6) is 0 Å². The lowest BCUT2D eigenvalue weighted by molar-refractivity contribution is -0.125. The Morgan fingerprint density at radius 2 is 1.94 bits per heavy atom. The van der Waals surface area contributed by atoms with Crippen molar-refractivity contribution in [1.82, 2.24) is 20.2 Å². The highest BCUT2D eigenvalue weighted by Crippen LogP contribution is 2.29. The Hall–Kier alpha value is -3.49. The fourth-order valence-electron chi connectivity index (χ4n) is 4.45. The molecule has 174 valence electrons. The number of carbonyl (C=O) groups excluding carboxylic acids is 2. The monoisotopic (exact) mass is 473 g/mol. The molecule has 4 aromatic rings. The highest BCUT2D eigenvalue weighted by molar-refractivity contribution is 7.15. The smallest absolute Gasteiger partial charge is 0.249 e. The molecule has 2 aromatic heterocycles. The molecule has 5 rings (SSSR count). The Bertz CT molecular complexity index is 1310.